The Kier molecular flexibility index (Phi) is 4.99. The van der Waals surface area contributed by atoms with Crippen LogP contribution in [0.2, 0.25) is 0 Å². The van der Waals surface area contributed by atoms with Gasteiger partial charge < -0.3 is 5.43 Å². The zero-order chi connectivity index (χ0) is 14.5. The Morgan fingerprint density at radius 3 is 2.55 bits per heavy atom. The number of nitrogens with two attached hydrogens (primary N) is 1. The molecule has 0 aromatic heterocycles. The Morgan fingerprint density at radius 1 is 1.25 bits per heavy atom. The van der Waals surface area contributed by atoms with Crippen LogP contribution in [0.4, 0.5) is 11.4 Å². The summed E-state index contributed by atoms with van der Waals surface area (Å²) in [6, 6.07) is 12.5. The molecule has 0 bridgehead atoms. The third kappa shape index (κ3) is 3.72. The van der Waals surface area contributed by atoms with E-state index in [9.17, 15) is 10.1 Å². The minimum atomic E-state index is -0.409. The van der Waals surface area contributed by atoms with Gasteiger partial charge in [-0.2, -0.15) is 0 Å². The van der Waals surface area contributed by atoms with E-state index in [2.05, 4.69) is 21.4 Å². The molecule has 7 heteroatoms. The van der Waals surface area contributed by atoms with Crippen molar-refractivity contribution in [2.24, 2.45) is 5.84 Å². The molecule has 0 radical (unpaired) electrons. The van der Waals surface area contributed by atoms with Gasteiger partial charge in [0.1, 0.15) is 0 Å². The highest BCUT2D eigenvalue weighted by molar-refractivity contribution is 9.10. The van der Waals surface area contributed by atoms with Crippen molar-refractivity contribution in [2.75, 3.05) is 5.43 Å². The van der Waals surface area contributed by atoms with Crippen LogP contribution >= 0.6 is 27.7 Å². The van der Waals surface area contributed by atoms with Crippen molar-refractivity contribution in [1.29, 1.82) is 0 Å². The van der Waals surface area contributed by atoms with Gasteiger partial charge in [0.15, 0.2) is 0 Å². The number of hydrazine groups is 1. The lowest BCUT2D eigenvalue weighted by molar-refractivity contribution is -0.384. The van der Waals surface area contributed by atoms with Gasteiger partial charge in [-0.15, -0.1) is 11.8 Å². The van der Waals surface area contributed by atoms with Crippen molar-refractivity contribution < 1.29 is 4.92 Å². The van der Waals surface area contributed by atoms with E-state index in [1.54, 1.807) is 23.9 Å². The molecule has 0 heterocycles. The predicted molar refractivity (Wildman–Crippen MR) is 84.6 cm³/mol. The van der Waals surface area contributed by atoms with E-state index < -0.39 is 4.92 Å². The predicted octanol–water partition coefficient (Wildman–Crippen LogP) is 3.94. The molecule has 0 amide bonds. The number of anilines is 1. The molecule has 0 aliphatic rings. The molecule has 3 N–H and O–H groups in total. The lowest BCUT2D eigenvalue weighted by atomic mass is 10.2. The van der Waals surface area contributed by atoms with Crippen LogP contribution in [-0.2, 0) is 5.75 Å². The van der Waals surface area contributed by atoms with E-state index in [-0.39, 0.29) is 5.69 Å². The third-order valence-corrected chi connectivity index (χ3v) is 4.25. The van der Waals surface area contributed by atoms with Crippen LogP contribution in [0, 0.1) is 10.1 Å². The van der Waals surface area contributed by atoms with Crippen LogP contribution in [0.1, 0.15) is 5.56 Å². The first-order chi connectivity index (χ1) is 9.60. The first kappa shape index (κ1) is 14.8. The molecule has 0 atom stereocenters. The van der Waals surface area contributed by atoms with Crippen LogP contribution in [0.5, 0.6) is 0 Å². The molecule has 0 spiro atoms. The number of nitrogens with one attached hydrogen (secondary N) is 1. The summed E-state index contributed by atoms with van der Waals surface area (Å²) in [5.74, 6) is 6.03. The molecule has 0 aliphatic carbocycles. The summed E-state index contributed by atoms with van der Waals surface area (Å²) in [5.41, 5.74) is 4.12. The molecule has 0 saturated carbocycles. The van der Waals surface area contributed by atoms with E-state index in [0.717, 1.165) is 14.9 Å². The van der Waals surface area contributed by atoms with E-state index in [1.165, 1.54) is 6.07 Å². The van der Waals surface area contributed by atoms with E-state index in [0.29, 0.717) is 11.4 Å². The number of thioether (sulfide) groups is 1. The molecule has 0 unspecified atom stereocenters. The average Bonchev–Trinajstić information content (AvgIpc) is 2.46. The van der Waals surface area contributed by atoms with Crippen molar-refractivity contribution in [3.8, 4) is 0 Å². The monoisotopic (exact) mass is 353 g/mol. The fourth-order valence-corrected chi connectivity index (χ4v) is 2.80. The maximum Gasteiger partial charge on any atom is 0.269 e. The molecule has 0 fully saturated rings. The van der Waals surface area contributed by atoms with E-state index in [4.69, 9.17) is 5.84 Å². The summed E-state index contributed by atoms with van der Waals surface area (Å²) >= 11 is 4.97. The fraction of sp³-hybridized carbons (Fsp3) is 0.0769. The molecule has 2 rings (SSSR count). The average molecular weight is 354 g/mol. The Labute approximate surface area is 128 Å². The molecule has 104 valence electrons. The minimum Gasteiger partial charge on any atom is -0.324 e. The van der Waals surface area contributed by atoms with E-state index in [1.807, 2.05) is 24.3 Å². The summed E-state index contributed by atoms with van der Waals surface area (Å²) < 4.78 is 1.02. The van der Waals surface area contributed by atoms with Gasteiger partial charge in [-0.3, -0.25) is 16.0 Å². The number of hydrogen-bond acceptors (Lipinski definition) is 5. The van der Waals surface area contributed by atoms with Gasteiger partial charge in [0.05, 0.1) is 10.6 Å². The topological polar surface area (TPSA) is 81.2 Å². The third-order valence-electron chi connectivity index (χ3n) is 2.66. The molecule has 0 saturated heterocycles. The van der Waals surface area contributed by atoms with Crippen molar-refractivity contribution >= 4 is 39.1 Å². The maximum absolute atomic E-state index is 10.8. The lowest BCUT2D eigenvalue weighted by Gasteiger charge is -2.08. The van der Waals surface area contributed by atoms with Gasteiger partial charge in [0.25, 0.3) is 5.69 Å². The van der Waals surface area contributed by atoms with Gasteiger partial charge in [-0.25, -0.2) is 0 Å². The normalized spacial score (nSPS) is 10.3. The summed E-state index contributed by atoms with van der Waals surface area (Å²) in [6.07, 6.45) is 0. The second kappa shape index (κ2) is 6.74. The first-order valence-corrected chi connectivity index (χ1v) is 7.50. The Bertz CT molecular complexity index is 620. The SMILES string of the molecule is NNc1ccc([N+](=O)[O-])cc1CSc1ccc(Br)cc1. The van der Waals surface area contributed by atoms with Crippen LogP contribution < -0.4 is 11.3 Å². The minimum absolute atomic E-state index is 0.0652. The summed E-state index contributed by atoms with van der Waals surface area (Å²) in [7, 11) is 0. The largest absolute Gasteiger partial charge is 0.324 e. The molecular weight excluding hydrogens is 342 g/mol. The Balaban J connectivity index is 2.16. The highest BCUT2D eigenvalue weighted by atomic mass is 79.9. The maximum atomic E-state index is 10.8. The van der Waals surface area contributed by atoms with Gasteiger partial charge >= 0.3 is 0 Å². The number of nitro groups is 1. The molecular formula is C13H12BrN3O2S. The number of benzene rings is 2. The van der Waals surface area contributed by atoms with Gasteiger partial charge in [0, 0.05) is 27.3 Å². The first-order valence-electron chi connectivity index (χ1n) is 5.72. The number of nitro benzene ring substituents is 1. The zero-order valence-electron chi connectivity index (χ0n) is 10.4. The molecule has 5 nitrogen and oxygen atoms in total. The van der Waals surface area contributed by atoms with Crippen molar-refractivity contribution in [3.63, 3.8) is 0 Å². The van der Waals surface area contributed by atoms with Gasteiger partial charge in [-0.05, 0) is 35.9 Å². The number of halogens is 1. The van der Waals surface area contributed by atoms with Crippen molar-refractivity contribution in [2.45, 2.75) is 10.6 Å². The second-order valence-corrected chi connectivity index (χ2v) is 5.95. The van der Waals surface area contributed by atoms with Gasteiger partial charge in [0.2, 0.25) is 0 Å². The van der Waals surface area contributed by atoms with Crippen LogP contribution in [0.25, 0.3) is 0 Å². The van der Waals surface area contributed by atoms with E-state index >= 15 is 0 Å². The summed E-state index contributed by atoms with van der Waals surface area (Å²) in [5, 5.41) is 10.8. The molecule has 0 aliphatic heterocycles. The number of rotatable bonds is 5. The Hall–Kier alpha value is -1.57. The highest BCUT2D eigenvalue weighted by Crippen LogP contribution is 2.29. The summed E-state index contributed by atoms with van der Waals surface area (Å²) in [4.78, 5) is 11.5. The number of nitrogen functional groups attached to an aromatic ring is 1. The van der Waals surface area contributed by atoms with Crippen molar-refractivity contribution in [1.82, 2.24) is 0 Å². The smallest absolute Gasteiger partial charge is 0.269 e. The van der Waals surface area contributed by atoms with Crippen LogP contribution in [-0.4, -0.2) is 4.92 Å². The van der Waals surface area contributed by atoms with Gasteiger partial charge in [-0.1, -0.05) is 15.9 Å². The highest BCUT2D eigenvalue weighted by Gasteiger charge is 2.10. The summed E-state index contributed by atoms with van der Waals surface area (Å²) in [6.45, 7) is 0. The second-order valence-electron chi connectivity index (χ2n) is 3.99. The van der Waals surface area contributed by atoms with Crippen LogP contribution in [0.3, 0.4) is 0 Å². The lowest BCUT2D eigenvalue weighted by Crippen LogP contribution is -2.09. The quantitative estimate of drug-likeness (QED) is 0.368. The number of nitrogens with zero attached hydrogens (tertiary/aromatic N) is 1. The molecule has 2 aromatic carbocycles. The number of hydrogen-bond donors (Lipinski definition) is 2. The van der Waals surface area contributed by atoms with Crippen molar-refractivity contribution in [3.05, 3.63) is 62.6 Å². The standard InChI is InChI=1S/C13H12BrN3O2S/c14-10-1-4-12(5-2-10)20-8-9-7-11(17(18)19)3-6-13(9)16-15/h1-7,16H,8,15H2. The fourth-order valence-electron chi connectivity index (χ4n) is 1.65. The molecule has 2 aromatic rings. The Morgan fingerprint density at radius 2 is 1.95 bits per heavy atom. The zero-order valence-corrected chi connectivity index (χ0v) is 12.8. The molecule has 20 heavy (non-hydrogen) atoms. The van der Waals surface area contributed by atoms with Crippen LogP contribution in [0.15, 0.2) is 51.8 Å². The number of non-ortho nitro benzene ring substituents is 1.